The Morgan fingerprint density at radius 1 is 1.29 bits per heavy atom. The monoisotopic (exact) mass is 234 g/mol. The molecule has 0 saturated heterocycles. The van der Waals surface area contributed by atoms with Crippen LogP contribution >= 0.6 is 0 Å². The number of hydrogen-bond donors (Lipinski definition) is 0. The lowest BCUT2D eigenvalue weighted by atomic mass is 10.2. The van der Waals surface area contributed by atoms with Crippen LogP contribution in [0.5, 0.6) is 0 Å². The fourth-order valence-corrected chi connectivity index (χ4v) is 1.26. The van der Waals surface area contributed by atoms with Gasteiger partial charge in [0.15, 0.2) is 5.82 Å². The van der Waals surface area contributed by atoms with Gasteiger partial charge in [0.25, 0.3) is 0 Å². The summed E-state index contributed by atoms with van der Waals surface area (Å²) in [7, 11) is 0. The van der Waals surface area contributed by atoms with Crippen LogP contribution in [0.2, 0.25) is 0 Å². The van der Waals surface area contributed by atoms with Gasteiger partial charge in [0.1, 0.15) is 11.9 Å². The van der Waals surface area contributed by atoms with Crippen LogP contribution in [-0.2, 0) is 4.74 Å². The van der Waals surface area contributed by atoms with E-state index in [-0.39, 0.29) is 0 Å². The van der Waals surface area contributed by atoms with Crippen molar-refractivity contribution in [3.63, 3.8) is 0 Å². The number of carbonyl (C=O) groups is 1. The first-order valence-electron chi connectivity index (χ1n) is 5.23. The minimum atomic E-state index is -0.514. The highest BCUT2D eigenvalue weighted by Crippen LogP contribution is 2.13. The molecule has 1 aromatic rings. The highest BCUT2D eigenvalue weighted by atomic mass is 16.6. The molecule has 2 rings (SSSR count). The highest BCUT2D eigenvalue weighted by Gasteiger charge is 2.20. The van der Waals surface area contributed by atoms with E-state index in [2.05, 4.69) is 10.2 Å². The zero-order chi connectivity index (χ0) is 12.5. The van der Waals surface area contributed by atoms with E-state index in [1.165, 1.54) is 4.90 Å². The van der Waals surface area contributed by atoms with E-state index in [0.29, 0.717) is 5.82 Å². The molecule has 0 N–H and O–H groups in total. The Kier molecular flexibility index (Phi) is 2.71. The average Bonchev–Trinajstić information content (AvgIpc) is 2.54. The minimum Gasteiger partial charge on any atom is -0.443 e. The maximum Gasteiger partial charge on any atom is 0.418 e. The van der Waals surface area contributed by atoms with Crippen LogP contribution in [-0.4, -0.2) is 31.4 Å². The molecule has 1 amide bonds. The largest absolute Gasteiger partial charge is 0.443 e. The number of ether oxygens (including phenoxy) is 1. The van der Waals surface area contributed by atoms with Gasteiger partial charge >= 0.3 is 6.09 Å². The van der Waals surface area contributed by atoms with Crippen molar-refractivity contribution in [3.8, 4) is 0 Å². The van der Waals surface area contributed by atoms with Crippen LogP contribution in [0.25, 0.3) is 12.3 Å². The van der Waals surface area contributed by atoms with Gasteiger partial charge in [-0.25, -0.2) is 4.79 Å². The molecule has 0 radical (unpaired) electrons. The van der Waals surface area contributed by atoms with Crippen LogP contribution in [0.4, 0.5) is 4.79 Å². The molecule has 0 fully saturated rings. The van der Waals surface area contributed by atoms with Crippen molar-refractivity contribution < 1.29 is 9.53 Å². The first kappa shape index (κ1) is 11.4. The molecule has 0 spiro atoms. The molecular weight excluding hydrogens is 220 g/mol. The Balaban J connectivity index is 2.13. The number of fused-ring (bicyclic) bond motifs is 1. The summed E-state index contributed by atoms with van der Waals surface area (Å²) < 4.78 is 6.96. The summed E-state index contributed by atoms with van der Waals surface area (Å²) >= 11 is 0. The summed E-state index contributed by atoms with van der Waals surface area (Å²) in [5.41, 5.74) is -0.514. The molecule has 0 unspecified atom stereocenters. The molecule has 1 aliphatic rings. The molecule has 17 heavy (non-hydrogen) atoms. The molecule has 2 heterocycles. The van der Waals surface area contributed by atoms with E-state index in [1.54, 1.807) is 35.6 Å². The molecule has 0 aromatic carbocycles. The first-order chi connectivity index (χ1) is 7.96. The standard InChI is InChI=1S/C11H14N4O2/c1-11(2,3)17-10(16)14-5-4-9-13-12-8-15(9)7-6-14/h4-8H,1-3H3. The molecule has 6 nitrogen and oxygen atoms in total. The third-order valence-electron chi connectivity index (χ3n) is 1.98. The number of rotatable bonds is 0. The lowest BCUT2D eigenvalue weighted by Crippen LogP contribution is -2.30. The number of amides is 1. The van der Waals surface area contributed by atoms with Gasteiger partial charge in [-0.3, -0.25) is 9.47 Å². The van der Waals surface area contributed by atoms with Crippen molar-refractivity contribution in [2.75, 3.05) is 0 Å². The zero-order valence-corrected chi connectivity index (χ0v) is 9.99. The summed E-state index contributed by atoms with van der Waals surface area (Å²) in [4.78, 5) is 13.2. The van der Waals surface area contributed by atoms with Crippen molar-refractivity contribution in [3.05, 3.63) is 24.6 Å². The molecule has 0 atom stereocenters. The fourth-order valence-electron chi connectivity index (χ4n) is 1.26. The number of aromatic nitrogens is 3. The van der Waals surface area contributed by atoms with Gasteiger partial charge in [0.2, 0.25) is 0 Å². The van der Waals surface area contributed by atoms with Crippen molar-refractivity contribution in [1.82, 2.24) is 19.7 Å². The second-order valence-electron chi connectivity index (χ2n) is 4.60. The van der Waals surface area contributed by atoms with Crippen LogP contribution in [0.1, 0.15) is 26.6 Å². The predicted molar refractivity (Wildman–Crippen MR) is 62.5 cm³/mol. The summed E-state index contributed by atoms with van der Waals surface area (Å²) in [5.74, 6) is 0.660. The SMILES string of the molecule is CC(C)(C)OC(=O)N1C=Cc2nncn2C=C1. The minimum absolute atomic E-state index is 0.427. The molecule has 1 aromatic heterocycles. The third-order valence-corrected chi connectivity index (χ3v) is 1.98. The molecule has 0 saturated carbocycles. The second-order valence-corrected chi connectivity index (χ2v) is 4.60. The summed E-state index contributed by atoms with van der Waals surface area (Å²) in [6.07, 6.45) is 7.72. The van der Waals surface area contributed by atoms with Gasteiger partial charge in [0, 0.05) is 24.7 Å². The predicted octanol–water partition coefficient (Wildman–Crippen LogP) is 1.93. The smallest absolute Gasteiger partial charge is 0.418 e. The van der Waals surface area contributed by atoms with Crippen molar-refractivity contribution in [2.24, 2.45) is 0 Å². The quantitative estimate of drug-likeness (QED) is 0.688. The van der Waals surface area contributed by atoms with E-state index in [4.69, 9.17) is 4.74 Å². The van der Waals surface area contributed by atoms with E-state index >= 15 is 0 Å². The fraction of sp³-hybridized carbons (Fsp3) is 0.364. The molecular formula is C11H14N4O2. The van der Waals surface area contributed by atoms with Gasteiger partial charge in [0.05, 0.1) is 0 Å². The van der Waals surface area contributed by atoms with E-state index in [9.17, 15) is 4.79 Å². The van der Waals surface area contributed by atoms with Crippen molar-refractivity contribution in [2.45, 2.75) is 26.4 Å². The molecule has 6 heteroatoms. The highest BCUT2D eigenvalue weighted by molar-refractivity contribution is 5.73. The summed E-state index contributed by atoms with van der Waals surface area (Å²) in [6, 6.07) is 0. The topological polar surface area (TPSA) is 60.2 Å². The lowest BCUT2D eigenvalue weighted by molar-refractivity contribution is 0.0402. The summed E-state index contributed by atoms with van der Waals surface area (Å²) in [5, 5.41) is 7.63. The Morgan fingerprint density at radius 2 is 2.06 bits per heavy atom. The first-order valence-corrected chi connectivity index (χ1v) is 5.23. The normalized spacial score (nSPS) is 14.4. The molecule has 0 aliphatic carbocycles. The van der Waals surface area contributed by atoms with E-state index < -0.39 is 11.7 Å². The van der Waals surface area contributed by atoms with Crippen LogP contribution < -0.4 is 0 Å². The maximum atomic E-state index is 11.8. The molecule has 90 valence electrons. The Labute approximate surface area is 99.2 Å². The van der Waals surface area contributed by atoms with Gasteiger partial charge in [-0.15, -0.1) is 10.2 Å². The van der Waals surface area contributed by atoms with E-state index in [1.807, 2.05) is 20.8 Å². The van der Waals surface area contributed by atoms with Crippen LogP contribution in [0.15, 0.2) is 18.7 Å². The van der Waals surface area contributed by atoms with E-state index in [0.717, 1.165) is 0 Å². The lowest BCUT2D eigenvalue weighted by Gasteiger charge is -2.22. The summed E-state index contributed by atoms with van der Waals surface area (Å²) in [6.45, 7) is 5.47. The zero-order valence-electron chi connectivity index (χ0n) is 9.99. The molecule has 1 aliphatic heterocycles. The van der Waals surface area contributed by atoms with Crippen molar-refractivity contribution >= 4 is 18.4 Å². The van der Waals surface area contributed by atoms with Crippen LogP contribution in [0.3, 0.4) is 0 Å². The second kappa shape index (κ2) is 4.04. The average molecular weight is 234 g/mol. The van der Waals surface area contributed by atoms with Gasteiger partial charge in [-0.2, -0.15) is 0 Å². The van der Waals surface area contributed by atoms with Crippen molar-refractivity contribution in [1.29, 1.82) is 0 Å². The van der Waals surface area contributed by atoms with Gasteiger partial charge in [-0.1, -0.05) is 0 Å². The maximum absolute atomic E-state index is 11.8. The van der Waals surface area contributed by atoms with Crippen LogP contribution in [0, 0.1) is 0 Å². The Morgan fingerprint density at radius 3 is 2.76 bits per heavy atom. The third kappa shape index (κ3) is 2.72. The van der Waals surface area contributed by atoms with Gasteiger partial charge in [-0.05, 0) is 20.8 Å². The Hall–Kier alpha value is -2.11. The number of hydrogen-bond acceptors (Lipinski definition) is 4. The molecule has 0 bridgehead atoms. The number of nitrogens with zero attached hydrogens (tertiary/aromatic N) is 4. The van der Waals surface area contributed by atoms with Gasteiger partial charge < -0.3 is 4.74 Å². The number of carbonyl (C=O) groups excluding carboxylic acids is 1. The Bertz CT molecular complexity index is 453.